The van der Waals surface area contributed by atoms with Crippen LogP contribution >= 0.6 is 0 Å². The Balaban J connectivity index is 1.54. The number of nitrogens with zero attached hydrogens (tertiary/aromatic N) is 3. The van der Waals surface area contributed by atoms with E-state index in [0.717, 1.165) is 17.7 Å². The van der Waals surface area contributed by atoms with Gasteiger partial charge < -0.3 is 24.6 Å². The zero-order chi connectivity index (χ0) is 19.3. The fraction of sp³-hybridized carbons (Fsp3) is 0.526. The van der Waals surface area contributed by atoms with Crippen molar-refractivity contribution in [2.24, 2.45) is 0 Å². The third-order valence-corrected chi connectivity index (χ3v) is 4.72. The summed E-state index contributed by atoms with van der Waals surface area (Å²) < 4.78 is 10.2. The summed E-state index contributed by atoms with van der Waals surface area (Å²) in [6.45, 7) is 3.60. The van der Waals surface area contributed by atoms with Gasteiger partial charge in [0.1, 0.15) is 5.75 Å². The summed E-state index contributed by atoms with van der Waals surface area (Å²) in [4.78, 5) is 18.7. The number of methoxy groups -OCH3 is 1. The summed E-state index contributed by atoms with van der Waals surface area (Å²) in [5.74, 6) is 1.66. The minimum Gasteiger partial charge on any atom is -0.497 e. The predicted octanol–water partition coefficient (Wildman–Crippen LogP) is 1.07. The van der Waals surface area contributed by atoms with Crippen molar-refractivity contribution in [2.45, 2.75) is 38.3 Å². The lowest BCUT2D eigenvalue weighted by Crippen LogP contribution is -2.57. The number of nitrogens with one attached hydrogen (secondary N) is 1. The number of carbonyl (C=O) groups excluding carboxylic acids is 1. The summed E-state index contributed by atoms with van der Waals surface area (Å²) >= 11 is 0. The van der Waals surface area contributed by atoms with E-state index >= 15 is 0 Å². The van der Waals surface area contributed by atoms with Gasteiger partial charge in [-0.15, -0.1) is 0 Å². The summed E-state index contributed by atoms with van der Waals surface area (Å²) in [5.41, 5.74) is -0.406. The molecule has 0 saturated carbocycles. The molecule has 0 bridgehead atoms. The van der Waals surface area contributed by atoms with Gasteiger partial charge in [-0.1, -0.05) is 17.3 Å². The maximum atomic E-state index is 12.8. The fourth-order valence-electron chi connectivity index (χ4n) is 3.31. The van der Waals surface area contributed by atoms with Gasteiger partial charge in [-0.25, -0.2) is 0 Å². The van der Waals surface area contributed by atoms with Crippen molar-refractivity contribution in [1.29, 1.82) is 0 Å². The molecule has 8 heteroatoms. The topological polar surface area (TPSA) is 101 Å². The first-order chi connectivity index (χ1) is 13.0. The van der Waals surface area contributed by atoms with Crippen LogP contribution in [0.15, 0.2) is 28.8 Å². The number of aryl methyl sites for hydroxylation is 1. The molecule has 0 spiro atoms. The summed E-state index contributed by atoms with van der Waals surface area (Å²) in [6.07, 6.45) is 1.79. The van der Waals surface area contributed by atoms with E-state index in [9.17, 15) is 9.90 Å². The molecule has 146 valence electrons. The molecule has 27 heavy (non-hydrogen) atoms. The van der Waals surface area contributed by atoms with Crippen molar-refractivity contribution in [3.63, 3.8) is 0 Å². The van der Waals surface area contributed by atoms with Crippen molar-refractivity contribution < 1.29 is 19.2 Å². The third-order valence-electron chi connectivity index (χ3n) is 4.72. The molecule has 2 N–H and O–H groups in total. The average Bonchev–Trinajstić information content (AvgIpc) is 3.08. The van der Waals surface area contributed by atoms with Crippen LogP contribution in [0.25, 0.3) is 0 Å². The lowest BCUT2D eigenvalue weighted by atomic mass is 9.91. The molecular formula is C19H26N4O4. The molecule has 1 saturated heterocycles. The maximum absolute atomic E-state index is 12.8. The van der Waals surface area contributed by atoms with Gasteiger partial charge in [-0.3, -0.25) is 4.79 Å². The number of carbonyl (C=O) groups is 1. The monoisotopic (exact) mass is 374 g/mol. The minimum absolute atomic E-state index is 0.206. The molecule has 0 radical (unpaired) electrons. The second-order valence-corrected chi connectivity index (χ2v) is 6.87. The summed E-state index contributed by atoms with van der Waals surface area (Å²) in [5, 5.41) is 17.8. The van der Waals surface area contributed by atoms with Crippen LogP contribution in [-0.2, 0) is 17.8 Å². The number of aliphatic hydroxyl groups is 1. The minimum atomic E-state index is -1.38. The molecule has 1 fully saturated rings. The standard InChI is InChI=1S/C19H26N4O4/c1-14-21-17(22-27-14)7-9-20-13-19(25)8-4-10-23(18(19)24)12-15-5-3-6-16(11-15)26-2/h3,5-6,11,20,25H,4,7-10,12-13H2,1-2H3/t19-/m1/s1. The second-order valence-electron chi connectivity index (χ2n) is 6.87. The van der Waals surface area contributed by atoms with Crippen LogP contribution in [0.2, 0.25) is 0 Å². The van der Waals surface area contributed by atoms with Crippen molar-refractivity contribution in [1.82, 2.24) is 20.4 Å². The van der Waals surface area contributed by atoms with Gasteiger partial charge in [0, 0.05) is 39.5 Å². The Hall–Kier alpha value is -2.45. The molecule has 1 atom stereocenters. The molecule has 2 aromatic rings. The van der Waals surface area contributed by atoms with E-state index in [4.69, 9.17) is 9.26 Å². The number of hydrogen-bond acceptors (Lipinski definition) is 7. The molecule has 1 aliphatic rings. The van der Waals surface area contributed by atoms with Crippen LogP contribution in [0.3, 0.4) is 0 Å². The number of amides is 1. The molecule has 1 amide bonds. The Morgan fingerprint density at radius 1 is 1.44 bits per heavy atom. The van der Waals surface area contributed by atoms with E-state index in [2.05, 4.69) is 15.5 Å². The normalized spacial score (nSPS) is 20.1. The number of ether oxygens (including phenoxy) is 1. The lowest BCUT2D eigenvalue weighted by Gasteiger charge is -2.38. The van der Waals surface area contributed by atoms with Crippen LogP contribution in [0, 0.1) is 6.92 Å². The highest BCUT2D eigenvalue weighted by atomic mass is 16.5. The zero-order valence-corrected chi connectivity index (χ0v) is 15.8. The summed E-state index contributed by atoms with van der Waals surface area (Å²) in [6, 6.07) is 7.63. The van der Waals surface area contributed by atoms with Gasteiger partial charge in [0.15, 0.2) is 11.4 Å². The Morgan fingerprint density at radius 2 is 2.30 bits per heavy atom. The number of aromatic nitrogens is 2. The molecule has 1 aliphatic heterocycles. The van der Waals surface area contributed by atoms with E-state index < -0.39 is 5.60 Å². The van der Waals surface area contributed by atoms with E-state index in [1.165, 1.54) is 0 Å². The molecule has 0 unspecified atom stereocenters. The summed E-state index contributed by atoms with van der Waals surface area (Å²) in [7, 11) is 1.62. The van der Waals surface area contributed by atoms with Gasteiger partial charge in [0.25, 0.3) is 5.91 Å². The molecule has 0 aliphatic carbocycles. The first kappa shape index (κ1) is 19.3. The van der Waals surface area contributed by atoms with Crippen LogP contribution in [0.4, 0.5) is 0 Å². The second kappa shape index (κ2) is 8.49. The van der Waals surface area contributed by atoms with Crippen molar-refractivity contribution >= 4 is 5.91 Å². The number of piperidine rings is 1. The SMILES string of the molecule is COc1cccc(CN2CCC[C@@](O)(CNCCc3noc(C)n3)C2=O)c1. The van der Waals surface area contributed by atoms with Crippen LogP contribution in [0.1, 0.15) is 30.1 Å². The van der Waals surface area contributed by atoms with E-state index in [1.54, 1.807) is 18.9 Å². The first-order valence-corrected chi connectivity index (χ1v) is 9.15. The highest BCUT2D eigenvalue weighted by Crippen LogP contribution is 2.24. The van der Waals surface area contributed by atoms with Crippen molar-refractivity contribution in [3.8, 4) is 5.75 Å². The van der Waals surface area contributed by atoms with E-state index in [1.807, 2.05) is 24.3 Å². The lowest BCUT2D eigenvalue weighted by molar-refractivity contribution is -0.157. The van der Waals surface area contributed by atoms with Gasteiger partial charge in [-0.05, 0) is 30.5 Å². The largest absolute Gasteiger partial charge is 0.497 e. The Bertz CT molecular complexity index is 779. The molecule has 2 heterocycles. The van der Waals surface area contributed by atoms with Crippen molar-refractivity contribution in [2.75, 3.05) is 26.7 Å². The van der Waals surface area contributed by atoms with Gasteiger partial charge >= 0.3 is 0 Å². The Labute approximate surface area is 158 Å². The molecule has 8 nitrogen and oxygen atoms in total. The highest BCUT2D eigenvalue weighted by Gasteiger charge is 2.41. The molecular weight excluding hydrogens is 348 g/mol. The van der Waals surface area contributed by atoms with Crippen molar-refractivity contribution in [3.05, 3.63) is 41.5 Å². The number of hydrogen-bond donors (Lipinski definition) is 2. The van der Waals surface area contributed by atoms with E-state index in [0.29, 0.717) is 44.2 Å². The number of benzene rings is 1. The van der Waals surface area contributed by atoms with Crippen LogP contribution in [-0.4, -0.2) is 58.4 Å². The zero-order valence-electron chi connectivity index (χ0n) is 15.8. The van der Waals surface area contributed by atoms with Crippen LogP contribution < -0.4 is 10.1 Å². The van der Waals surface area contributed by atoms with Crippen LogP contribution in [0.5, 0.6) is 5.75 Å². The quantitative estimate of drug-likeness (QED) is 0.667. The highest BCUT2D eigenvalue weighted by molar-refractivity contribution is 5.86. The predicted molar refractivity (Wildman–Crippen MR) is 98.2 cm³/mol. The fourth-order valence-corrected chi connectivity index (χ4v) is 3.31. The van der Waals surface area contributed by atoms with Gasteiger partial charge in [0.05, 0.1) is 7.11 Å². The van der Waals surface area contributed by atoms with Gasteiger partial charge in [-0.2, -0.15) is 4.98 Å². The number of rotatable bonds is 8. The molecule has 3 rings (SSSR count). The average molecular weight is 374 g/mol. The maximum Gasteiger partial charge on any atom is 0.256 e. The first-order valence-electron chi connectivity index (χ1n) is 9.15. The molecule has 1 aromatic heterocycles. The van der Waals surface area contributed by atoms with Gasteiger partial charge in [0.2, 0.25) is 5.89 Å². The Kier molecular flexibility index (Phi) is 6.08. The third kappa shape index (κ3) is 4.84. The molecule has 1 aromatic carbocycles. The number of likely N-dealkylation sites (tertiary alicyclic amines) is 1. The van der Waals surface area contributed by atoms with E-state index in [-0.39, 0.29) is 12.5 Å². The smallest absolute Gasteiger partial charge is 0.256 e. The Morgan fingerprint density at radius 3 is 3.04 bits per heavy atom.